The lowest BCUT2D eigenvalue weighted by molar-refractivity contribution is -0.121. The van der Waals surface area contributed by atoms with Gasteiger partial charge in [0.05, 0.1) is 6.61 Å². The second-order valence-corrected chi connectivity index (χ2v) is 4.06. The van der Waals surface area contributed by atoms with Gasteiger partial charge in [-0.1, -0.05) is 19.8 Å². The maximum atomic E-state index is 11.7. The van der Waals surface area contributed by atoms with Gasteiger partial charge in [-0.15, -0.1) is 0 Å². The Labute approximate surface area is 109 Å². The molecule has 6 heteroatoms. The molecule has 0 aliphatic rings. The third kappa shape index (κ3) is 7.89. The van der Waals surface area contributed by atoms with Gasteiger partial charge in [0, 0.05) is 19.5 Å². The molecule has 0 heterocycles. The molecule has 0 aliphatic heterocycles. The molecule has 0 atom stereocenters. The van der Waals surface area contributed by atoms with E-state index in [9.17, 15) is 9.59 Å². The zero-order chi connectivity index (χ0) is 13.8. The Morgan fingerprint density at radius 3 is 2.39 bits per heavy atom. The van der Waals surface area contributed by atoms with Crippen LogP contribution in [0, 0.1) is 0 Å². The number of hydrogen-bond donors (Lipinski definition) is 2. The minimum atomic E-state index is -0.304. The Morgan fingerprint density at radius 2 is 1.83 bits per heavy atom. The molecule has 18 heavy (non-hydrogen) atoms. The minimum Gasteiger partial charge on any atom is -0.450 e. The summed E-state index contributed by atoms with van der Waals surface area (Å²) in [6, 6.07) is 0. The quantitative estimate of drug-likeness (QED) is 0.284. The zero-order valence-electron chi connectivity index (χ0n) is 11.4. The van der Waals surface area contributed by atoms with Crippen molar-refractivity contribution in [2.45, 2.75) is 46.0 Å². The summed E-state index contributed by atoms with van der Waals surface area (Å²) in [5.74, 6) is 4.77. The van der Waals surface area contributed by atoms with Crippen molar-refractivity contribution in [2.75, 3.05) is 19.7 Å². The molecule has 0 spiro atoms. The first kappa shape index (κ1) is 16.7. The third-order valence-corrected chi connectivity index (χ3v) is 2.55. The number of carbonyl (C=O) groups excluding carboxylic acids is 2. The number of unbranched alkanes of at least 4 members (excludes halogenated alkanes) is 2. The highest BCUT2D eigenvalue weighted by atomic mass is 16.6. The zero-order valence-corrected chi connectivity index (χ0v) is 11.4. The van der Waals surface area contributed by atoms with Crippen LogP contribution in [0.1, 0.15) is 46.0 Å². The smallest absolute Gasteiger partial charge is 0.409 e. The third-order valence-electron chi connectivity index (χ3n) is 2.55. The van der Waals surface area contributed by atoms with Crippen molar-refractivity contribution in [2.24, 2.45) is 5.84 Å². The summed E-state index contributed by atoms with van der Waals surface area (Å²) in [5, 5.41) is 0. The van der Waals surface area contributed by atoms with Crippen LogP contribution < -0.4 is 11.3 Å². The van der Waals surface area contributed by atoms with Crippen LogP contribution in [0.3, 0.4) is 0 Å². The number of ether oxygens (including phenoxy) is 1. The number of nitrogens with two attached hydrogens (primary N) is 1. The molecule has 0 bridgehead atoms. The lowest BCUT2D eigenvalue weighted by atomic mass is 10.2. The highest BCUT2D eigenvalue weighted by Crippen LogP contribution is 2.03. The number of nitrogens with one attached hydrogen (secondary N) is 1. The van der Waals surface area contributed by atoms with Crippen LogP contribution >= 0.6 is 0 Å². The molecule has 0 aromatic rings. The molecular weight excluding hydrogens is 234 g/mol. The summed E-state index contributed by atoms with van der Waals surface area (Å²) in [6.45, 7) is 5.46. The van der Waals surface area contributed by atoms with Crippen molar-refractivity contribution in [3.63, 3.8) is 0 Å². The fourth-order valence-electron chi connectivity index (χ4n) is 1.56. The first-order valence-corrected chi connectivity index (χ1v) is 6.56. The largest absolute Gasteiger partial charge is 0.450 e. The van der Waals surface area contributed by atoms with Gasteiger partial charge in [0.15, 0.2) is 0 Å². The number of amides is 2. The molecule has 2 amide bonds. The SMILES string of the molecule is CCCCCN(CCCC(=O)NN)C(=O)OCC. The summed E-state index contributed by atoms with van der Waals surface area (Å²) in [4.78, 5) is 24.3. The van der Waals surface area contributed by atoms with Crippen LogP contribution in [0.15, 0.2) is 0 Å². The molecule has 3 N–H and O–H groups in total. The van der Waals surface area contributed by atoms with Gasteiger partial charge in [0.1, 0.15) is 0 Å². The van der Waals surface area contributed by atoms with E-state index in [1.54, 1.807) is 11.8 Å². The Balaban J connectivity index is 4.03. The predicted molar refractivity (Wildman–Crippen MR) is 69.7 cm³/mol. The van der Waals surface area contributed by atoms with Crippen LogP contribution in [0.2, 0.25) is 0 Å². The van der Waals surface area contributed by atoms with Crippen molar-refractivity contribution in [1.82, 2.24) is 10.3 Å². The highest BCUT2D eigenvalue weighted by molar-refractivity contribution is 5.75. The van der Waals surface area contributed by atoms with Gasteiger partial charge in [-0.3, -0.25) is 10.2 Å². The van der Waals surface area contributed by atoms with Crippen molar-refractivity contribution < 1.29 is 14.3 Å². The van der Waals surface area contributed by atoms with Crippen LogP contribution in [0.5, 0.6) is 0 Å². The molecule has 106 valence electrons. The Hall–Kier alpha value is -1.30. The average Bonchev–Trinajstić information content (AvgIpc) is 2.37. The second kappa shape index (κ2) is 10.8. The fraction of sp³-hybridized carbons (Fsp3) is 0.833. The number of rotatable bonds is 9. The van der Waals surface area contributed by atoms with Gasteiger partial charge in [0.25, 0.3) is 0 Å². The van der Waals surface area contributed by atoms with Gasteiger partial charge in [-0.25, -0.2) is 10.6 Å². The van der Waals surface area contributed by atoms with E-state index < -0.39 is 0 Å². The van der Waals surface area contributed by atoms with E-state index >= 15 is 0 Å². The summed E-state index contributed by atoms with van der Waals surface area (Å²) in [6.07, 6.45) is 3.75. The summed E-state index contributed by atoms with van der Waals surface area (Å²) in [7, 11) is 0. The van der Waals surface area contributed by atoms with E-state index in [1.807, 2.05) is 0 Å². The van der Waals surface area contributed by atoms with E-state index in [0.29, 0.717) is 32.5 Å². The van der Waals surface area contributed by atoms with Crippen molar-refractivity contribution >= 4 is 12.0 Å². The molecule has 0 fully saturated rings. The van der Waals surface area contributed by atoms with Crippen LogP contribution in [-0.4, -0.2) is 36.6 Å². The molecule has 6 nitrogen and oxygen atoms in total. The highest BCUT2D eigenvalue weighted by Gasteiger charge is 2.14. The molecule has 0 aromatic carbocycles. The van der Waals surface area contributed by atoms with Gasteiger partial charge < -0.3 is 9.64 Å². The Bertz CT molecular complexity index is 247. The van der Waals surface area contributed by atoms with Gasteiger partial charge in [-0.2, -0.15) is 0 Å². The van der Waals surface area contributed by atoms with Crippen molar-refractivity contribution in [1.29, 1.82) is 0 Å². The normalized spacial score (nSPS) is 9.94. The second-order valence-electron chi connectivity index (χ2n) is 4.06. The average molecular weight is 259 g/mol. The number of carbonyl (C=O) groups is 2. The summed E-state index contributed by atoms with van der Waals surface area (Å²) in [5.41, 5.74) is 2.07. The monoisotopic (exact) mass is 259 g/mol. The molecule has 0 unspecified atom stereocenters. The number of nitrogens with zero attached hydrogens (tertiary/aromatic N) is 1. The van der Waals surface area contributed by atoms with Crippen LogP contribution in [-0.2, 0) is 9.53 Å². The lowest BCUT2D eigenvalue weighted by Crippen LogP contribution is -2.35. The maximum Gasteiger partial charge on any atom is 0.409 e. The minimum absolute atomic E-state index is 0.215. The van der Waals surface area contributed by atoms with Gasteiger partial charge >= 0.3 is 6.09 Å². The molecule has 0 aliphatic carbocycles. The maximum absolute atomic E-state index is 11.7. The van der Waals surface area contributed by atoms with Crippen molar-refractivity contribution in [3.8, 4) is 0 Å². The molecular formula is C12H25N3O3. The van der Waals surface area contributed by atoms with E-state index in [-0.39, 0.29) is 12.0 Å². The molecule has 0 rings (SSSR count). The van der Waals surface area contributed by atoms with Gasteiger partial charge in [-0.05, 0) is 19.8 Å². The van der Waals surface area contributed by atoms with E-state index in [2.05, 4.69) is 12.3 Å². The van der Waals surface area contributed by atoms with Crippen LogP contribution in [0.25, 0.3) is 0 Å². The number of hydrogen-bond acceptors (Lipinski definition) is 4. The van der Waals surface area contributed by atoms with Gasteiger partial charge in [0.2, 0.25) is 5.91 Å². The number of hydrazine groups is 1. The Morgan fingerprint density at radius 1 is 1.17 bits per heavy atom. The summed E-state index contributed by atoms with van der Waals surface area (Å²) >= 11 is 0. The molecule has 0 saturated heterocycles. The van der Waals surface area contributed by atoms with E-state index in [4.69, 9.17) is 10.6 Å². The topological polar surface area (TPSA) is 84.7 Å². The van der Waals surface area contributed by atoms with Crippen LogP contribution in [0.4, 0.5) is 4.79 Å². The molecule has 0 radical (unpaired) electrons. The first-order valence-electron chi connectivity index (χ1n) is 6.56. The lowest BCUT2D eigenvalue weighted by Gasteiger charge is -2.21. The molecule has 0 aromatic heterocycles. The first-order chi connectivity index (χ1) is 8.65. The predicted octanol–water partition coefficient (Wildman–Crippen LogP) is 1.41. The van der Waals surface area contributed by atoms with Crippen molar-refractivity contribution in [3.05, 3.63) is 0 Å². The standard InChI is InChI=1S/C12H25N3O3/c1-3-5-6-9-15(12(17)18-4-2)10-7-8-11(16)14-13/h3-10,13H2,1-2H3,(H,14,16). The van der Waals surface area contributed by atoms with E-state index in [0.717, 1.165) is 19.3 Å². The fourth-order valence-corrected chi connectivity index (χ4v) is 1.56. The van der Waals surface area contributed by atoms with E-state index in [1.165, 1.54) is 0 Å². The molecule has 0 saturated carbocycles. The summed E-state index contributed by atoms with van der Waals surface area (Å²) < 4.78 is 4.98. The Kier molecular flexibility index (Phi) is 10.0.